The summed E-state index contributed by atoms with van der Waals surface area (Å²) >= 11 is 0. The van der Waals surface area contributed by atoms with E-state index in [2.05, 4.69) is 15.0 Å². The van der Waals surface area contributed by atoms with Crippen molar-refractivity contribution in [2.75, 3.05) is 0 Å². The molecule has 0 fully saturated rings. The van der Waals surface area contributed by atoms with Gasteiger partial charge in [0.1, 0.15) is 11.6 Å². The third-order valence-corrected chi connectivity index (χ3v) is 2.79. The van der Waals surface area contributed by atoms with Gasteiger partial charge >= 0.3 is 6.18 Å². The predicted octanol–water partition coefficient (Wildman–Crippen LogP) is 3.78. The Kier molecular flexibility index (Phi) is 2.70. The van der Waals surface area contributed by atoms with Crippen molar-refractivity contribution in [3.63, 3.8) is 0 Å². The van der Waals surface area contributed by atoms with Gasteiger partial charge in [0.05, 0.1) is 17.3 Å². The molecule has 0 aliphatic carbocycles. The Bertz CT molecular complexity index is 759. The summed E-state index contributed by atoms with van der Waals surface area (Å²) in [5, 5.41) is 0. The zero-order valence-electron chi connectivity index (χ0n) is 9.87. The minimum atomic E-state index is -4.38. The number of aromatic amines is 1. The van der Waals surface area contributed by atoms with Crippen LogP contribution >= 0.6 is 0 Å². The first-order valence-corrected chi connectivity index (χ1v) is 5.62. The molecule has 20 heavy (non-hydrogen) atoms. The van der Waals surface area contributed by atoms with E-state index in [1.807, 2.05) is 0 Å². The third kappa shape index (κ3) is 2.22. The minimum absolute atomic E-state index is 0.307. The van der Waals surface area contributed by atoms with Crippen LogP contribution < -0.4 is 0 Å². The van der Waals surface area contributed by atoms with Gasteiger partial charge in [-0.1, -0.05) is 12.1 Å². The van der Waals surface area contributed by atoms with Crippen LogP contribution in [0.5, 0.6) is 0 Å². The number of rotatable bonds is 1. The lowest BCUT2D eigenvalue weighted by molar-refractivity contribution is -0.137. The maximum Gasteiger partial charge on any atom is 0.416 e. The fourth-order valence-electron chi connectivity index (χ4n) is 1.83. The number of hydrogen-bond acceptors (Lipinski definition) is 2. The van der Waals surface area contributed by atoms with Gasteiger partial charge in [-0.05, 0) is 12.1 Å². The topological polar surface area (TPSA) is 41.6 Å². The van der Waals surface area contributed by atoms with E-state index in [9.17, 15) is 17.6 Å². The predicted molar refractivity (Wildman–Crippen MR) is 64.3 cm³/mol. The van der Waals surface area contributed by atoms with Gasteiger partial charge in [-0.3, -0.25) is 0 Å². The van der Waals surface area contributed by atoms with Crippen LogP contribution in [0.1, 0.15) is 5.56 Å². The molecule has 1 N–H and O–H groups in total. The second kappa shape index (κ2) is 4.29. The fraction of sp³-hybridized carbons (Fsp3) is 0.0769. The largest absolute Gasteiger partial charge is 0.416 e. The van der Waals surface area contributed by atoms with Crippen molar-refractivity contribution < 1.29 is 17.6 Å². The summed E-state index contributed by atoms with van der Waals surface area (Å²) in [5.74, 6) is -0.174. The molecule has 0 bridgehead atoms. The lowest BCUT2D eigenvalue weighted by Gasteiger charge is -2.06. The van der Waals surface area contributed by atoms with E-state index in [0.717, 1.165) is 18.3 Å². The Hall–Kier alpha value is -2.44. The van der Waals surface area contributed by atoms with Crippen molar-refractivity contribution in [2.24, 2.45) is 0 Å². The maximum absolute atomic E-state index is 13.0. The van der Waals surface area contributed by atoms with E-state index in [1.165, 1.54) is 18.2 Å². The first-order chi connectivity index (χ1) is 9.43. The summed E-state index contributed by atoms with van der Waals surface area (Å²) in [6.45, 7) is 0. The zero-order valence-corrected chi connectivity index (χ0v) is 9.87. The molecule has 0 saturated carbocycles. The molecule has 102 valence electrons. The lowest BCUT2D eigenvalue weighted by Crippen LogP contribution is -2.04. The summed E-state index contributed by atoms with van der Waals surface area (Å²) in [7, 11) is 0. The number of benzene rings is 1. The highest BCUT2D eigenvalue weighted by Crippen LogP contribution is 2.30. The molecule has 0 amide bonds. The van der Waals surface area contributed by atoms with E-state index in [-0.39, 0.29) is 0 Å². The quantitative estimate of drug-likeness (QED) is 0.690. The molecule has 7 heteroatoms. The summed E-state index contributed by atoms with van der Waals surface area (Å²) in [6, 6.07) is 5.77. The number of fused-ring (bicyclic) bond motifs is 1. The van der Waals surface area contributed by atoms with Gasteiger partial charge in [-0.25, -0.2) is 14.4 Å². The normalized spacial score (nSPS) is 12.0. The zero-order chi connectivity index (χ0) is 14.3. The first-order valence-electron chi connectivity index (χ1n) is 5.62. The van der Waals surface area contributed by atoms with Gasteiger partial charge in [0.25, 0.3) is 0 Å². The molecule has 0 atom stereocenters. The Morgan fingerprint density at radius 1 is 1.05 bits per heavy atom. The maximum atomic E-state index is 13.0. The summed E-state index contributed by atoms with van der Waals surface area (Å²) in [5.41, 5.74) is 0.430. The third-order valence-electron chi connectivity index (χ3n) is 2.79. The molecule has 0 spiro atoms. The number of aromatic nitrogens is 3. The van der Waals surface area contributed by atoms with Crippen LogP contribution in [-0.4, -0.2) is 15.0 Å². The van der Waals surface area contributed by atoms with E-state index in [1.54, 1.807) is 0 Å². The van der Waals surface area contributed by atoms with Gasteiger partial charge in [0.2, 0.25) is 0 Å². The van der Waals surface area contributed by atoms with Crippen molar-refractivity contribution in [2.45, 2.75) is 6.18 Å². The smallest absolute Gasteiger partial charge is 0.336 e. The van der Waals surface area contributed by atoms with Crippen LogP contribution in [0.3, 0.4) is 0 Å². The fourth-order valence-corrected chi connectivity index (χ4v) is 1.83. The van der Waals surface area contributed by atoms with Crippen LogP contribution in [0.4, 0.5) is 17.6 Å². The van der Waals surface area contributed by atoms with Crippen molar-refractivity contribution in [1.29, 1.82) is 0 Å². The number of hydrogen-bond donors (Lipinski definition) is 1. The highest BCUT2D eigenvalue weighted by Gasteiger charge is 2.30. The highest BCUT2D eigenvalue weighted by molar-refractivity contribution is 5.75. The van der Waals surface area contributed by atoms with Gasteiger partial charge in [0.15, 0.2) is 5.65 Å². The van der Waals surface area contributed by atoms with Crippen molar-refractivity contribution >= 4 is 11.2 Å². The molecule has 0 aliphatic heterocycles. The van der Waals surface area contributed by atoms with Crippen LogP contribution in [-0.2, 0) is 6.18 Å². The van der Waals surface area contributed by atoms with Crippen molar-refractivity contribution in [3.05, 3.63) is 47.9 Å². The lowest BCUT2D eigenvalue weighted by atomic mass is 10.1. The number of halogens is 4. The summed E-state index contributed by atoms with van der Waals surface area (Å²) < 4.78 is 50.4. The van der Waals surface area contributed by atoms with Crippen molar-refractivity contribution in [1.82, 2.24) is 15.0 Å². The first kappa shape index (κ1) is 12.6. The molecular weight excluding hydrogens is 274 g/mol. The van der Waals surface area contributed by atoms with Gasteiger partial charge in [-0.2, -0.15) is 13.2 Å². The van der Waals surface area contributed by atoms with Crippen LogP contribution in [0.15, 0.2) is 36.5 Å². The van der Waals surface area contributed by atoms with Gasteiger partial charge < -0.3 is 4.98 Å². The Balaban J connectivity index is 2.02. The Labute approximate surface area is 110 Å². The summed E-state index contributed by atoms with van der Waals surface area (Å²) in [4.78, 5) is 10.7. The van der Waals surface area contributed by atoms with E-state index in [0.29, 0.717) is 22.6 Å². The standard InChI is InChI=1S/C13H7F4N3/c14-9-5-10-12(18-6-9)20-11(19-10)7-1-3-8(4-2-7)13(15,16)17/h1-6H,(H,18,19,20). The number of alkyl halides is 3. The second-order valence-electron chi connectivity index (χ2n) is 4.19. The summed E-state index contributed by atoms with van der Waals surface area (Å²) in [6.07, 6.45) is -3.35. The Morgan fingerprint density at radius 3 is 2.40 bits per heavy atom. The SMILES string of the molecule is Fc1cnc2nc(-c3ccc(C(F)(F)F)cc3)[nH]c2c1. The average Bonchev–Trinajstić information content (AvgIpc) is 2.80. The number of pyridine rings is 1. The van der Waals surface area contributed by atoms with Crippen molar-refractivity contribution in [3.8, 4) is 11.4 Å². The van der Waals surface area contributed by atoms with Gasteiger partial charge in [0, 0.05) is 11.6 Å². The van der Waals surface area contributed by atoms with Gasteiger partial charge in [-0.15, -0.1) is 0 Å². The number of imidazole rings is 1. The molecule has 3 rings (SSSR count). The molecule has 2 heterocycles. The molecule has 0 radical (unpaired) electrons. The van der Waals surface area contributed by atoms with E-state index < -0.39 is 17.6 Å². The number of nitrogens with zero attached hydrogens (tertiary/aromatic N) is 2. The monoisotopic (exact) mass is 281 g/mol. The molecular formula is C13H7F4N3. The molecule has 0 aliphatic rings. The van der Waals surface area contributed by atoms with Crippen LogP contribution in [0, 0.1) is 5.82 Å². The number of H-pyrrole nitrogens is 1. The van der Waals surface area contributed by atoms with Crippen LogP contribution in [0.2, 0.25) is 0 Å². The molecule has 3 aromatic rings. The highest BCUT2D eigenvalue weighted by atomic mass is 19.4. The molecule has 0 saturated heterocycles. The van der Waals surface area contributed by atoms with E-state index in [4.69, 9.17) is 0 Å². The molecule has 3 nitrogen and oxygen atoms in total. The molecule has 1 aromatic carbocycles. The molecule has 0 unspecified atom stereocenters. The van der Waals surface area contributed by atoms with Crippen LogP contribution in [0.25, 0.3) is 22.6 Å². The van der Waals surface area contributed by atoms with E-state index >= 15 is 0 Å². The molecule has 2 aromatic heterocycles. The Morgan fingerprint density at radius 2 is 1.75 bits per heavy atom. The number of nitrogens with one attached hydrogen (secondary N) is 1. The average molecular weight is 281 g/mol. The second-order valence-corrected chi connectivity index (χ2v) is 4.19. The minimum Gasteiger partial charge on any atom is -0.336 e.